The molecular formula is C10H11IO4. The molecule has 4 N–H and O–H groups in total. The maximum Gasteiger partial charge on any atom is 0.167 e. The van der Waals surface area contributed by atoms with Crippen LogP contribution in [-0.2, 0) is 5.60 Å². The Balaban J connectivity index is 2.74. The molecule has 0 radical (unpaired) electrons. The van der Waals surface area contributed by atoms with Gasteiger partial charge in [0.2, 0.25) is 0 Å². The van der Waals surface area contributed by atoms with Crippen LogP contribution in [0.2, 0.25) is 0 Å². The third-order valence-corrected chi connectivity index (χ3v) is 4.10. The van der Waals surface area contributed by atoms with Crippen LogP contribution in [0.1, 0.15) is 24.0 Å². The highest BCUT2D eigenvalue weighted by Crippen LogP contribution is 2.56. The SMILES string of the molecule is Cc1c(O)c(O)c(C2(O)CC2)c(O)c1I. The second kappa shape index (κ2) is 3.15. The van der Waals surface area contributed by atoms with Gasteiger partial charge < -0.3 is 20.4 Å². The molecule has 2 rings (SSSR count). The molecule has 0 heterocycles. The third-order valence-electron chi connectivity index (χ3n) is 2.78. The molecule has 0 amide bonds. The van der Waals surface area contributed by atoms with Gasteiger partial charge in [-0.25, -0.2) is 0 Å². The molecule has 5 heteroatoms. The lowest BCUT2D eigenvalue weighted by atomic mass is 10.0. The predicted octanol–water partition coefficient (Wildman–Crippen LogP) is 1.70. The molecule has 1 aromatic rings. The number of benzene rings is 1. The van der Waals surface area contributed by atoms with Gasteiger partial charge in [-0.3, -0.25) is 0 Å². The van der Waals surface area contributed by atoms with Crippen LogP contribution in [0.25, 0.3) is 0 Å². The zero-order chi connectivity index (χ0) is 11.4. The molecule has 0 atom stereocenters. The lowest BCUT2D eigenvalue weighted by molar-refractivity contribution is 0.143. The van der Waals surface area contributed by atoms with Gasteiger partial charge in [0, 0.05) is 5.56 Å². The van der Waals surface area contributed by atoms with E-state index in [0.29, 0.717) is 22.0 Å². The number of phenolic OH excluding ortho intramolecular Hbond substituents is 3. The summed E-state index contributed by atoms with van der Waals surface area (Å²) >= 11 is 1.87. The average molecular weight is 322 g/mol. The van der Waals surface area contributed by atoms with Crippen molar-refractivity contribution in [3.05, 3.63) is 14.7 Å². The summed E-state index contributed by atoms with van der Waals surface area (Å²) in [6.07, 6.45) is 0.986. The minimum atomic E-state index is -1.17. The van der Waals surface area contributed by atoms with E-state index in [9.17, 15) is 20.4 Å². The molecule has 0 saturated heterocycles. The van der Waals surface area contributed by atoms with Gasteiger partial charge in [0.25, 0.3) is 0 Å². The minimum Gasteiger partial charge on any atom is -0.506 e. The van der Waals surface area contributed by atoms with E-state index in [1.165, 1.54) is 0 Å². The molecule has 0 unspecified atom stereocenters. The summed E-state index contributed by atoms with van der Waals surface area (Å²) in [5.41, 5.74) is -0.701. The smallest absolute Gasteiger partial charge is 0.167 e. The van der Waals surface area contributed by atoms with Gasteiger partial charge in [-0.2, -0.15) is 0 Å². The normalized spacial score (nSPS) is 17.8. The van der Waals surface area contributed by atoms with Gasteiger partial charge in [-0.05, 0) is 42.4 Å². The summed E-state index contributed by atoms with van der Waals surface area (Å²) in [6, 6.07) is 0. The predicted molar refractivity (Wildman–Crippen MR) is 62.0 cm³/mol. The zero-order valence-electron chi connectivity index (χ0n) is 8.08. The summed E-state index contributed by atoms with van der Waals surface area (Å²) in [5, 5.41) is 39.0. The number of phenols is 3. The number of aliphatic hydroxyl groups is 1. The molecule has 4 nitrogen and oxygen atoms in total. The molecule has 0 bridgehead atoms. The van der Waals surface area contributed by atoms with Crippen LogP contribution in [0.15, 0.2) is 0 Å². The van der Waals surface area contributed by atoms with E-state index in [0.717, 1.165) is 0 Å². The highest BCUT2D eigenvalue weighted by molar-refractivity contribution is 14.1. The number of aromatic hydroxyl groups is 3. The van der Waals surface area contributed by atoms with Gasteiger partial charge in [0.15, 0.2) is 11.5 Å². The van der Waals surface area contributed by atoms with Crippen LogP contribution in [0.4, 0.5) is 0 Å². The first-order valence-corrected chi connectivity index (χ1v) is 5.62. The van der Waals surface area contributed by atoms with Crippen molar-refractivity contribution in [2.45, 2.75) is 25.4 Å². The molecule has 1 aromatic carbocycles. The van der Waals surface area contributed by atoms with Crippen molar-refractivity contribution in [2.75, 3.05) is 0 Å². The van der Waals surface area contributed by atoms with Crippen LogP contribution in [0.3, 0.4) is 0 Å². The largest absolute Gasteiger partial charge is 0.506 e. The maximum atomic E-state index is 9.87. The van der Waals surface area contributed by atoms with E-state index in [1.807, 2.05) is 22.6 Å². The van der Waals surface area contributed by atoms with Crippen LogP contribution < -0.4 is 0 Å². The molecular weight excluding hydrogens is 311 g/mol. The number of rotatable bonds is 1. The van der Waals surface area contributed by atoms with Gasteiger partial charge >= 0.3 is 0 Å². The van der Waals surface area contributed by atoms with E-state index in [2.05, 4.69) is 0 Å². The molecule has 0 aliphatic heterocycles. The first-order chi connectivity index (χ1) is 6.88. The van der Waals surface area contributed by atoms with Gasteiger partial charge in [-0.1, -0.05) is 0 Å². The second-order valence-corrected chi connectivity index (χ2v) is 4.97. The van der Waals surface area contributed by atoms with Crippen molar-refractivity contribution in [3.63, 3.8) is 0 Å². The van der Waals surface area contributed by atoms with E-state index >= 15 is 0 Å². The highest BCUT2D eigenvalue weighted by atomic mass is 127. The summed E-state index contributed by atoms with van der Waals surface area (Å²) in [6.45, 7) is 1.59. The Kier molecular flexibility index (Phi) is 2.27. The summed E-state index contributed by atoms with van der Waals surface area (Å²) in [5.74, 6) is -0.818. The Labute approximate surface area is 100 Å². The number of hydrogen-bond donors (Lipinski definition) is 4. The Bertz CT molecular complexity index is 409. The monoisotopic (exact) mass is 322 g/mol. The average Bonchev–Trinajstić information content (AvgIpc) is 2.91. The maximum absolute atomic E-state index is 9.87. The van der Waals surface area contributed by atoms with Crippen molar-refractivity contribution in [1.82, 2.24) is 0 Å². The molecule has 15 heavy (non-hydrogen) atoms. The summed E-state index contributed by atoms with van der Waals surface area (Å²) in [7, 11) is 0. The first kappa shape index (κ1) is 10.8. The van der Waals surface area contributed by atoms with Crippen molar-refractivity contribution in [2.24, 2.45) is 0 Å². The molecule has 1 fully saturated rings. The van der Waals surface area contributed by atoms with Crippen LogP contribution in [-0.4, -0.2) is 20.4 Å². The highest BCUT2D eigenvalue weighted by Gasteiger charge is 2.47. The Hall–Kier alpha value is -0.690. The van der Waals surface area contributed by atoms with E-state index < -0.39 is 11.4 Å². The Morgan fingerprint density at radius 3 is 2.07 bits per heavy atom. The van der Waals surface area contributed by atoms with Gasteiger partial charge in [-0.15, -0.1) is 0 Å². The summed E-state index contributed by atoms with van der Waals surface area (Å²) in [4.78, 5) is 0. The Morgan fingerprint density at radius 2 is 1.60 bits per heavy atom. The minimum absolute atomic E-state index is 0.0509. The van der Waals surface area contributed by atoms with E-state index in [-0.39, 0.29) is 17.1 Å². The lowest BCUT2D eigenvalue weighted by Gasteiger charge is -2.16. The van der Waals surface area contributed by atoms with E-state index in [1.54, 1.807) is 6.92 Å². The molecule has 82 valence electrons. The molecule has 0 spiro atoms. The number of hydrogen-bond acceptors (Lipinski definition) is 4. The fourth-order valence-electron chi connectivity index (χ4n) is 1.61. The number of halogens is 1. The standard InChI is InChI=1S/C10H11IO4/c1-4-6(11)8(13)5(9(14)7(4)12)10(15)2-3-10/h12-15H,2-3H2,1H3. The van der Waals surface area contributed by atoms with Crippen molar-refractivity contribution < 1.29 is 20.4 Å². The van der Waals surface area contributed by atoms with Crippen molar-refractivity contribution >= 4 is 22.6 Å². The van der Waals surface area contributed by atoms with Crippen molar-refractivity contribution in [3.8, 4) is 17.2 Å². The van der Waals surface area contributed by atoms with Gasteiger partial charge in [0.1, 0.15) is 5.75 Å². The molecule has 1 aliphatic rings. The quantitative estimate of drug-likeness (QED) is 0.360. The zero-order valence-corrected chi connectivity index (χ0v) is 10.2. The Morgan fingerprint density at radius 1 is 1.07 bits per heavy atom. The fraction of sp³-hybridized carbons (Fsp3) is 0.400. The van der Waals surface area contributed by atoms with Crippen molar-refractivity contribution in [1.29, 1.82) is 0 Å². The van der Waals surface area contributed by atoms with Crippen LogP contribution in [0, 0.1) is 10.5 Å². The van der Waals surface area contributed by atoms with Crippen LogP contribution >= 0.6 is 22.6 Å². The molecule has 1 aliphatic carbocycles. The van der Waals surface area contributed by atoms with E-state index in [4.69, 9.17) is 0 Å². The lowest BCUT2D eigenvalue weighted by Crippen LogP contribution is -2.06. The molecule has 1 saturated carbocycles. The van der Waals surface area contributed by atoms with Crippen LogP contribution in [0.5, 0.6) is 17.2 Å². The second-order valence-electron chi connectivity index (χ2n) is 3.89. The van der Waals surface area contributed by atoms with Gasteiger partial charge in [0.05, 0.1) is 14.7 Å². The topological polar surface area (TPSA) is 80.9 Å². The third kappa shape index (κ3) is 1.45. The molecule has 0 aromatic heterocycles. The first-order valence-electron chi connectivity index (χ1n) is 4.54. The summed E-state index contributed by atoms with van der Waals surface area (Å²) < 4.78 is 0.457. The fourth-order valence-corrected chi connectivity index (χ4v) is 2.13.